The molecule has 0 aliphatic rings. The Labute approximate surface area is 62.1 Å². The molecule has 0 spiro atoms. The predicted octanol–water partition coefficient (Wildman–Crippen LogP) is -0.706. The minimum atomic E-state index is 0. The Morgan fingerprint density at radius 3 is 1.00 bits per heavy atom. The van der Waals surface area contributed by atoms with E-state index in [4.69, 9.17) is 0 Å². The first kappa shape index (κ1) is 37.8. The molecule has 0 aromatic carbocycles. The second-order valence-electron chi connectivity index (χ2n) is 0. The largest absolute Gasteiger partial charge is 0.153 e. The number of hydrogen-bond acceptors (Lipinski definition) is 0. The maximum atomic E-state index is 0. The van der Waals surface area contributed by atoms with Crippen molar-refractivity contribution >= 4 is 45.3 Å². The van der Waals surface area contributed by atoms with Gasteiger partial charge in [-0.15, -0.1) is 0 Å². The van der Waals surface area contributed by atoms with Crippen molar-refractivity contribution in [3.63, 3.8) is 0 Å². The Kier molecular flexibility index (Phi) is 190. The molecule has 0 heterocycles. The van der Waals surface area contributed by atoms with Crippen LogP contribution in [0.1, 0.15) is 0 Å². The van der Waals surface area contributed by atoms with E-state index in [0.29, 0.717) is 0 Å². The Balaban J connectivity index is 0. The summed E-state index contributed by atoms with van der Waals surface area (Å²) in [4.78, 5) is 0. The quantitative estimate of drug-likeness (QED) is 0.387. The van der Waals surface area contributed by atoms with Crippen LogP contribution < -0.4 is 0 Å². The summed E-state index contributed by atoms with van der Waals surface area (Å²) in [5.74, 6) is 0. The van der Waals surface area contributed by atoms with Crippen LogP contribution in [-0.2, 0) is 17.1 Å². The zero-order valence-electron chi connectivity index (χ0n) is 2.01. The van der Waals surface area contributed by atoms with Crippen molar-refractivity contribution in [3.05, 3.63) is 0 Å². The zero-order valence-corrected chi connectivity index (χ0v) is 8.08. The first-order valence-corrected chi connectivity index (χ1v) is 0. The third kappa shape index (κ3) is 9.01. The molecular weight excluding hydrogens is 237 g/mol. The van der Waals surface area contributed by atoms with Crippen LogP contribution in [0.3, 0.4) is 0 Å². The SMILES string of the molecule is P.[Fe].[Sb].[Si]. The summed E-state index contributed by atoms with van der Waals surface area (Å²) in [6.45, 7) is 0. The third-order valence-electron chi connectivity index (χ3n) is 0. The van der Waals surface area contributed by atoms with Crippen LogP contribution in [0.25, 0.3) is 0 Å². The Bertz CT molecular complexity index is 8.00. The van der Waals surface area contributed by atoms with Crippen LogP contribution in [0.5, 0.6) is 0 Å². The van der Waals surface area contributed by atoms with Gasteiger partial charge in [0.1, 0.15) is 0 Å². The summed E-state index contributed by atoms with van der Waals surface area (Å²) in [6.07, 6.45) is 0. The van der Waals surface area contributed by atoms with Gasteiger partial charge in [0.2, 0.25) is 0 Å². The van der Waals surface area contributed by atoms with Crippen molar-refractivity contribution in [3.8, 4) is 0 Å². The molecule has 0 fully saturated rings. The van der Waals surface area contributed by atoms with Crippen molar-refractivity contribution in [2.24, 2.45) is 0 Å². The van der Waals surface area contributed by atoms with Gasteiger partial charge in [-0.25, -0.2) is 0 Å². The molecule has 0 saturated heterocycles. The molecule has 4 heteroatoms. The molecule has 7 radical (unpaired) electrons. The summed E-state index contributed by atoms with van der Waals surface area (Å²) in [5, 5.41) is 0. The molecule has 0 aromatic heterocycles. The second kappa shape index (κ2) is 20.1. The number of rotatable bonds is 0. The van der Waals surface area contributed by atoms with E-state index < -0.39 is 0 Å². The van der Waals surface area contributed by atoms with Gasteiger partial charge >= 0.3 is 0 Å². The fourth-order valence-electron chi connectivity index (χ4n) is 0. The minimum absolute atomic E-state index is 0. The standard InChI is InChI=1S/Fe.H3P.Sb.Si/h;1H3;;. The van der Waals surface area contributed by atoms with E-state index in [1.165, 1.54) is 0 Å². The maximum Gasteiger partial charge on any atom is 0 e. The van der Waals surface area contributed by atoms with Crippen molar-refractivity contribution in [2.75, 3.05) is 0 Å². The average Bonchev–Trinajstić information content (AvgIpc) is 0. The van der Waals surface area contributed by atoms with Gasteiger partial charge in [-0.1, -0.05) is 0 Å². The van der Waals surface area contributed by atoms with Crippen LogP contribution >= 0.6 is 9.90 Å². The molecule has 1 unspecified atom stereocenters. The first-order chi connectivity index (χ1) is 0. The van der Waals surface area contributed by atoms with Gasteiger partial charge < -0.3 is 0 Å². The molecule has 1 atom stereocenters. The first-order valence-electron chi connectivity index (χ1n) is 0. The van der Waals surface area contributed by atoms with E-state index in [9.17, 15) is 0 Å². The van der Waals surface area contributed by atoms with Crippen molar-refractivity contribution < 1.29 is 17.1 Å². The van der Waals surface area contributed by atoms with Crippen molar-refractivity contribution in [2.45, 2.75) is 0 Å². The van der Waals surface area contributed by atoms with Crippen LogP contribution in [0.4, 0.5) is 0 Å². The molecule has 0 aliphatic carbocycles. The third-order valence-corrected chi connectivity index (χ3v) is 0. The van der Waals surface area contributed by atoms with Gasteiger partial charge in [0, 0.05) is 52.5 Å². The van der Waals surface area contributed by atoms with E-state index in [-0.39, 0.29) is 62.4 Å². The molecule has 25 valence electrons. The van der Waals surface area contributed by atoms with Crippen LogP contribution in [0.15, 0.2) is 0 Å². The average molecular weight is 240 g/mol. The fourth-order valence-corrected chi connectivity index (χ4v) is 0. The molecular formula is H3FePSbSi. The molecule has 0 saturated carbocycles. The summed E-state index contributed by atoms with van der Waals surface area (Å²) in [6, 6.07) is 0. The molecule has 0 amide bonds. The summed E-state index contributed by atoms with van der Waals surface area (Å²) in [7, 11) is 0. The molecule has 0 bridgehead atoms. The van der Waals surface area contributed by atoms with E-state index >= 15 is 0 Å². The molecule has 0 nitrogen and oxygen atoms in total. The minimum Gasteiger partial charge on any atom is -0.153 e. The van der Waals surface area contributed by atoms with Gasteiger partial charge in [0.05, 0.1) is 0 Å². The van der Waals surface area contributed by atoms with Gasteiger partial charge in [0.25, 0.3) is 0 Å². The zero-order chi connectivity index (χ0) is 0. The molecule has 0 aliphatic heterocycles. The molecule has 4 heavy (non-hydrogen) atoms. The van der Waals surface area contributed by atoms with Crippen LogP contribution in [-0.4, -0.2) is 35.4 Å². The smallest absolute Gasteiger partial charge is 0 e. The van der Waals surface area contributed by atoms with Gasteiger partial charge in [-0.05, 0) is 0 Å². The second-order valence-corrected chi connectivity index (χ2v) is 0. The molecule has 0 aromatic rings. The van der Waals surface area contributed by atoms with E-state index in [1.54, 1.807) is 0 Å². The molecule has 0 rings (SSSR count). The van der Waals surface area contributed by atoms with Gasteiger partial charge in [-0.3, -0.25) is 0 Å². The maximum absolute atomic E-state index is 0. The van der Waals surface area contributed by atoms with Gasteiger partial charge in [0.15, 0.2) is 0 Å². The fraction of sp³-hybridized carbons (Fsp3) is 0. The predicted molar refractivity (Wildman–Crippen MR) is 22.6 cm³/mol. The molecule has 0 N–H and O–H groups in total. The van der Waals surface area contributed by atoms with Gasteiger partial charge in [-0.2, -0.15) is 9.90 Å². The Hall–Kier alpha value is 1.98. The summed E-state index contributed by atoms with van der Waals surface area (Å²) in [5.41, 5.74) is 0. The van der Waals surface area contributed by atoms with Crippen molar-refractivity contribution in [1.82, 2.24) is 0 Å². The Morgan fingerprint density at radius 2 is 1.00 bits per heavy atom. The summed E-state index contributed by atoms with van der Waals surface area (Å²) >= 11 is 0. The summed E-state index contributed by atoms with van der Waals surface area (Å²) < 4.78 is 0. The normalized spacial score (nSPS) is 0. The van der Waals surface area contributed by atoms with Crippen molar-refractivity contribution in [1.29, 1.82) is 0 Å². The Morgan fingerprint density at radius 1 is 1.00 bits per heavy atom. The van der Waals surface area contributed by atoms with Crippen LogP contribution in [0, 0.1) is 0 Å². The topological polar surface area (TPSA) is 0 Å². The monoisotopic (exact) mass is 239 g/mol. The van der Waals surface area contributed by atoms with E-state index in [2.05, 4.69) is 0 Å². The number of hydrogen-bond donors (Lipinski definition) is 0. The van der Waals surface area contributed by atoms with E-state index in [1.807, 2.05) is 0 Å². The van der Waals surface area contributed by atoms with E-state index in [0.717, 1.165) is 0 Å². The van der Waals surface area contributed by atoms with Crippen LogP contribution in [0.2, 0.25) is 0 Å².